The molecule has 0 unspecified atom stereocenters. The first-order chi connectivity index (χ1) is 7.66. The maximum atomic E-state index is 12.4. The lowest BCUT2D eigenvalue weighted by Gasteiger charge is -2.02. The van der Waals surface area contributed by atoms with Crippen molar-refractivity contribution in [2.45, 2.75) is 30.8 Å². The van der Waals surface area contributed by atoms with Crippen molar-refractivity contribution in [2.24, 2.45) is 7.05 Å². The smallest absolute Gasteiger partial charge is 0.297 e. The van der Waals surface area contributed by atoms with Crippen molar-refractivity contribution in [3.63, 3.8) is 0 Å². The number of rotatable bonds is 7. The molecule has 0 atom stereocenters. The Morgan fingerprint density at radius 2 is 2.00 bits per heavy atom. The molecule has 0 fully saturated rings. The second-order valence-electron chi connectivity index (χ2n) is 3.30. The molecule has 0 aliphatic rings. The Morgan fingerprint density at radius 3 is 2.56 bits per heavy atom. The summed E-state index contributed by atoms with van der Waals surface area (Å²) in [4.78, 5) is 0. The molecule has 7 heteroatoms. The normalized spacial score (nSPS) is 11.3. The first kappa shape index (κ1) is 13.3. The molecule has 0 radical (unpaired) electrons. The molecule has 16 heavy (non-hydrogen) atoms. The first-order valence-electron chi connectivity index (χ1n) is 5.03. The predicted molar refractivity (Wildman–Crippen MR) is 56.5 cm³/mol. The average molecular weight is 253 g/mol. The van der Waals surface area contributed by atoms with Gasteiger partial charge in [-0.2, -0.15) is 0 Å². The molecule has 1 aromatic heterocycles. The minimum Gasteiger partial charge on any atom is -0.304 e. The van der Waals surface area contributed by atoms with Crippen LogP contribution in [0.2, 0.25) is 0 Å². The number of aromatic nitrogens is 3. The van der Waals surface area contributed by atoms with E-state index in [2.05, 4.69) is 10.2 Å². The summed E-state index contributed by atoms with van der Waals surface area (Å²) in [5.41, 5.74) is 0. The summed E-state index contributed by atoms with van der Waals surface area (Å²) in [6.07, 6.45) is -0.380. The molecule has 0 saturated carbocycles. The molecule has 0 saturated heterocycles. The van der Waals surface area contributed by atoms with Gasteiger partial charge in [0.05, 0.1) is 6.67 Å². The maximum Gasteiger partial charge on any atom is 0.297 e. The van der Waals surface area contributed by atoms with E-state index in [0.717, 1.165) is 18.6 Å². The Kier molecular flexibility index (Phi) is 5.65. The highest BCUT2D eigenvalue weighted by atomic mass is 32.2. The van der Waals surface area contributed by atoms with E-state index >= 15 is 0 Å². The Morgan fingerprint density at radius 1 is 1.25 bits per heavy atom. The summed E-state index contributed by atoms with van der Waals surface area (Å²) in [6, 6.07) is 0. The van der Waals surface area contributed by atoms with Crippen LogP contribution in [0.4, 0.5) is 13.2 Å². The molecule has 1 heterocycles. The zero-order valence-electron chi connectivity index (χ0n) is 9.00. The van der Waals surface area contributed by atoms with E-state index in [9.17, 15) is 13.2 Å². The number of hydrogen-bond donors (Lipinski definition) is 0. The van der Waals surface area contributed by atoms with Gasteiger partial charge in [0.2, 0.25) is 5.82 Å². The van der Waals surface area contributed by atoms with Crippen molar-refractivity contribution >= 4 is 11.8 Å². The second-order valence-corrected chi connectivity index (χ2v) is 4.36. The number of alkyl halides is 3. The summed E-state index contributed by atoms with van der Waals surface area (Å²) >= 11 is 1.37. The second kappa shape index (κ2) is 6.78. The fraction of sp³-hybridized carbons (Fsp3) is 0.778. The van der Waals surface area contributed by atoms with Crippen LogP contribution in [-0.2, 0) is 7.05 Å². The molecule has 0 bridgehead atoms. The highest BCUT2D eigenvalue weighted by Crippen LogP contribution is 2.22. The Bertz CT molecular complexity index is 317. The monoisotopic (exact) mass is 253 g/mol. The molecule has 0 aromatic carbocycles. The summed E-state index contributed by atoms with van der Waals surface area (Å²) in [6.45, 7) is -0.301. The minimum atomic E-state index is -2.60. The Balaban J connectivity index is 2.37. The van der Waals surface area contributed by atoms with Gasteiger partial charge in [-0.3, -0.25) is 4.39 Å². The fourth-order valence-electron chi connectivity index (χ4n) is 1.18. The number of halogens is 3. The SMILES string of the molecule is Cn1c(SCCCCCF)nnc1C(F)F. The molecule has 0 spiro atoms. The van der Waals surface area contributed by atoms with Gasteiger partial charge in [0.15, 0.2) is 5.16 Å². The van der Waals surface area contributed by atoms with E-state index in [1.54, 1.807) is 0 Å². The van der Waals surface area contributed by atoms with Gasteiger partial charge >= 0.3 is 0 Å². The van der Waals surface area contributed by atoms with E-state index in [1.807, 2.05) is 0 Å². The van der Waals surface area contributed by atoms with Gasteiger partial charge in [0, 0.05) is 12.8 Å². The van der Waals surface area contributed by atoms with Crippen LogP contribution < -0.4 is 0 Å². The Hall–Kier alpha value is -0.720. The predicted octanol–water partition coefficient (Wildman–Crippen LogP) is 2.98. The number of nitrogens with zero attached hydrogens (tertiary/aromatic N) is 3. The molecule has 1 aromatic rings. The summed E-state index contributed by atoms with van der Waals surface area (Å²) in [5.74, 6) is 0.432. The van der Waals surface area contributed by atoms with Crippen molar-refractivity contribution in [2.75, 3.05) is 12.4 Å². The van der Waals surface area contributed by atoms with Crippen LogP contribution in [0, 0.1) is 0 Å². The third kappa shape index (κ3) is 3.70. The molecule has 1 rings (SSSR count). The van der Waals surface area contributed by atoms with Crippen LogP contribution in [0.1, 0.15) is 31.5 Å². The van der Waals surface area contributed by atoms with E-state index in [0.29, 0.717) is 11.6 Å². The summed E-state index contributed by atoms with van der Waals surface area (Å²) in [7, 11) is 1.52. The van der Waals surface area contributed by atoms with Gasteiger partial charge in [0.1, 0.15) is 0 Å². The van der Waals surface area contributed by atoms with Crippen LogP contribution >= 0.6 is 11.8 Å². The zero-order chi connectivity index (χ0) is 12.0. The molecular formula is C9H14F3N3S. The molecular weight excluding hydrogens is 239 g/mol. The van der Waals surface area contributed by atoms with Crippen LogP contribution in [0.3, 0.4) is 0 Å². The van der Waals surface area contributed by atoms with Gasteiger partial charge in [-0.15, -0.1) is 10.2 Å². The third-order valence-electron chi connectivity index (χ3n) is 2.07. The number of hydrogen-bond acceptors (Lipinski definition) is 3. The molecule has 92 valence electrons. The molecule has 0 amide bonds. The quantitative estimate of drug-likeness (QED) is 0.553. The van der Waals surface area contributed by atoms with Crippen LogP contribution in [0.15, 0.2) is 5.16 Å². The summed E-state index contributed by atoms with van der Waals surface area (Å²) in [5, 5.41) is 7.57. The molecule has 0 aliphatic heterocycles. The lowest BCUT2D eigenvalue weighted by Crippen LogP contribution is -1.99. The molecule has 3 nitrogen and oxygen atoms in total. The van der Waals surface area contributed by atoms with Gasteiger partial charge < -0.3 is 4.57 Å². The highest BCUT2D eigenvalue weighted by Gasteiger charge is 2.17. The van der Waals surface area contributed by atoms with Crippen molar-refractivity contribution in [3.8, 4) is 0 Å². The van der Waals surface area contributed by atoms with E-state index < -0.39 is 6.43 Å². The van der Waals surface area contributed by atoms with Crippen LogP contribution in [0.25, 0.3) is 0 Å². The van der Waals surface area contributed by atoms with Crippen molar-refractivity contribution in [1.82, 2.24) is 14.8 Å². The van der Waals surface area contributed by atoms with Crippen molar-refractivity contribution < 1.29 is 13.2 Å². The lowest BCUT2D eigenvalue weighted by atomic mass is 10.3. The third-order valence-corrected chi connectivity index (χ3v) is 3.18. The van der Waals surface area contributed by atoms with Crippen molar-refractivity contribution in [1.29, 1.82) is 0 Å². The van der Waals surface area contributed by atoms with E-state index in [4.69, 9.17) is 0 Å². The van der Waals surface area contributed by atoms with Gasteiger partial charge in [-0.05, 0) is 12.8 Å². The largest absolute Gasteiger partial charge is 0.304 e. The topological polar surface area (TPSA) is 30.7 Å². The van der Waals surface area contributed by atoms with E-state index in [-0.39, 0.29) is 12.5 Å². The molecule has 0 aliphatic carbocycles. The number of thioether (sulfide) groups is 1. The summed E-state index contributed by atoms with van der Waals surface area (Å²) < 4.78 is 37.8. The molecule has 0 N–H and O–H groups in total. The zero-order valence-corrected chi connectivity index (χ0v) is 9.81. The van der Waals surface area contributed by atoms with Gasteiger partial charge in [-0.25, -0.2) is 8.78 Å². The van der Waals surface area contributed by atoms with Gasteiger partial charge in [-0.1, -0.05) is 18.2 Å². The van der Waals surface area contributed by atoms with E-state index in [1.165, 1.54) is 23.4 Å². The lowest BCUT2D eigenvalue weighted by molar-refractivity contribution is 0.135. The maximum absolute atomic E-state index is 12.4. The number of unbranched alkanes of at least 4 members (excludes halogenated alkanes) is 2. The van der Waals surface area contributed by atoms with Crippen LogP contribution in [0.5, 0.6) is 0 Å². The average Bonchev–Trinajstić information content (AvgIpc) is 2.60. The highest BCUT2D eigenvalue weighted by molar-refractivity contribution is 7.99. The minimum absolute atomic E-state index is 0.301. The fourth-order valence-corrected chi connectivity index (χ4v) is 2.10. The standard InChI is InChI=1S/C9H14F3N3S/c1-15-8(7(11)12)13-14-9(15)16-6-4-2-3-5-10/h7H,2-6H2,1H3. The van der Waals surface area contributed by atoms with Crippen LogP contribution in [-0.4, -0.2) is 27.2 Å². The first-order valence-corrected chi connectivity index (χ1v) is 6.01. The van der Waals surface area contributed by atoms with Gasteiger partial charge in [0.25, 0.3) is 6.43 Å². The van der Waals surface area contributed by atoms with Crippen molar-refractivity contribution in [3.05, 3.63) is 5.82 Å². The Labute approximate surface area is 96.4 Å².